The van der Waals surface area contributed by atoms with Crippen LogP contribution in [0.1, 0.15) is 5.69 Å². The van der Waals surface area contributed by atoms with Gasteiger partial charge in [-0.1, -0.05) is 6.07 Å². The quantitative estimate of drug-likeness (QED) is 0.759. The van der Waals surface area contributed by atoms with Gasteiger partial charge < -0.3 is 20.2 Å². The van der Waals surface area contributed by atoms with Crippen molar-refractivity contribution in [2.75, 3.05) is 13.2 Å². The lowest BCUT2D eigenvalue weighted by molar-refractivity contribution is 0.234. The summed E-state index contributed by atoms with van der Waals surface area (Å²) in [5.74, 6) is 0.553. The summed E-state index contributed by atoms with van der Waals surface area (Å²) in [5.41, 5.74) is 0.651. The Morgan fingerprint density at radius 2 is 2.39 bits per heavy atom. The van der Waals surface area contributed by atoms with Crippen LogP contribution >= 0.6 is 11.3 Å². The smallest absolute Gasteiger partial charge is 0.315 e. The molecular weight excluding hydrogens is 254 g/mol. The largest absolute Gasteiger partial charge is 0.443 e. The third-order valence-corrected chi connectivity index (χ3v) is 2.97. The Balaban J connectivity index is 1.86. The molecule has 2 rings (SSSR count). The van der Waals surface area contributed by atoms with Crippen LogP contribution in [-0.2, 0) is 6.54 Å². The predicted molar refractivity (Wildman–Crippen MR) is 67.1 cm³/mol. The number of thiophene rings is 1. The summed E-state index contributed by atoms with van der Waals surface area (Å²) in [5, 5.41) is 15.6. The molecule has 6 nitrogen and oxygen atoms in total. The van der Waals surface area contributed by atoms with Crippen molar-refractivity contribution in [3.8, 4) is 10.8 Å². The first-order valence-corrected chi connectivity index (χ1v) is 6.28. The summed E-state index contributed by atoms with van der Waals surface area (Å²) in [4.78, 5) is 16.4. The summed E-state index contributed by atoms with van der Waals surface area (Å²) < 4.78 is 5.31. The molecule has 2 amide bonds. The molecule has 96 valence electrons. The van der Waals surface area contributed by atoms with E-state index in [2.05, 4.69) is 15.6 Å². The monoisotopic (exact) mass is 267 g/mol. The first-order valence-electron chi connectivity index (χ1n) is 5.40. The number of urea groups is 1. The normalized spacial score (nSPS) is 10.3. The fourth-order valence-corrected chi connectivity index (χ4v) is 1.96. The second-order valence-electron chi connectivity index (χ2n) is 3.45. The molecule has 3 N–H and O–H groups in total. The molecule has 0 radical (unpaired) electrons. The third kappa shape index (κ3) is 3.31. The molecule has 2 aromatic rings. The number of oxazole rings is 1. The molecule has 0 aromatic carbocycles. The van der Waals surface area contributed by atoms with Gasteiger partial charge in [0.25, 0.3) is 0 Å². The Bertz CT molecular complexity index is 495. The summed E-state index contributed by atoms with van der Waals surface area (Å²) in [7, 11) is 0. The van der Waals surface area contributed by atoms with E-state index < -0.39 is 0 Å². The topological polar surface area (TPSA) is 87.4 Å². The Labute approximate surface area is 108 Å². The lowest BCUT2D eigenvalue weighted by Crippen LogP contribution is -2.36. The van der Waals surface area contributed by atoms with Gasteiger partial charge in [-0.05, 0) is 11.4 Å². The molecule has 0 fully saturated rings. The van der Waals surface area contributed by atoms with Gasteiger partial charge in [-0.3, -0.25) is 0 Å². The highest BCUT2D eigenvalue weighted by molar-refractivity contribution is 7.13. The minimum absolute atomic E-state index is 0.0834. The van der Waals surface area contributed by atoms with Crippen LogP contribution in [-0.4, -0.2) is 29.3 Å². The molecule has 0 saturated carbocycles. The number of rotatable bonds is 5. The van der Waals surface area contributed by atoms with E-state index in [0.29, 0.717) is 11.6 Å². The number of aliphatic hydroxyl groups excluding tert-OH is 1. The molecule has 0 aliphatic carbocycles. The van der Waals surface area contributed by atoms with Crippen molar-refractivity contribution in [2.45, 2.75) is 6.54 Å². The number of nitrogens with one attached hydrogen (secondary N) is 2. The van der Waals surface area contributed by atoms with Crippen LogP contribution in [0.15, 0.2) is 28.2 Å². The number of aliphatic hydroxyl groups is 1. The highest BCUT2D eigenvalue weighted by Crippen LogP contribution is 2.23. The highest BCUT2D eigenvalue weighted by atomic mass is 32.1. The molecule has 7 heteroatoms. The minimum atomic E-state index is -0.343. The third-order valence-electron chi connectivity index (χ3n) is 2.11. The van der Waals surface area contributed by atoms with Gasteiger partial charge >= 0.3 is 6.03 Å². The van der Waals surface area contributed by atoms with E-state index in [1.54, 1.807) is 11.3 Å². The lowest BCUT2D eigenvalue weighted by atomic mass is 10.4. The number of carbonyl (C=O) groups is 1. The first kappa shape index (κ1) is 12.6. The fourth-order valence-electron chi connectivity index (χ4n) is 1.30. The molecule has 0 bridgehead atoms. The molecule has 0 saturated heterocycles. The second-order valence-corrected chi connectivity index (χ2v) is 4.40. The zero-order valence-electron chi connectivity index (χ0n) is 9.55. The number of carbonyl (C=O) groups excluding carboxylic acids is 1. The van der Waals surface area contributed by atoms with Gasteiger partial charge in [-0.2, -0.15) is 0 Å². The van der Waals surface area contributed by atoms with Crippen LogP contribution in [0.3, 0.4) is 0 Å². The van der Waals surface area contributed by atoms with E-state index in [4.69, 9.17) is 9.52 Å². The maximum Gasteiger partial charge on any atom is 0.315 e. The molecular formula is C11H13N3O3S. The van der Waals surface area contributed by atoms with Gasteiger partial charge in [0.2, 0.25) is 5.89 Å². The Morgan fingerprint density at radius 1 is 1.50 bits per heavy atom. The zero-order valence-corrected chi connectivity index (χ0v) is 10.4. The van der Waals surface area contributed by atoms with Crippen molar-refractivity contribution in [3.63, 3.8) is 0 Å². The maximum atomic E-state index is 11.2. The first-order chi connectivity index (χ1) is 8.79. The van der Waals surface area contributed by atoms with Gasteiger partial charge in [0, 0.05) is 6.54 Å². The zero-order chi connectivity index (χ0) is 12.8. The SMILES string of the molecule is O=C(NCCO)NCc1coc(-c2cccs2)n1. The fraction of sp³-hybridized carbons (Fsp3) is 0.273. The van der Waals surface area contributed by atoms with Gasteiger partial charge in [-0.15, -0.1) is 11.3 Å². The van der Waals surface area contributed by atoms with Crippen molar-refractivity contribution in [1.82, 2.24) is 15.6 Å². The number of aromatic nitrogens is 1. The lowest BCUT2D eigenvalue weighted by Gasteiger charge is -2.03. The second kappa shape index (κ2) is 6.18. The van der Waals surface area contributed by atoms with E-state index in [1.165, 1.54) is 6.26 Å². The van der Waals surface area contributed by atoms with E-state index in [0.717, 1.165) is 4.88 Å². The summed E-state index contributed by atoms with van der Waals surface area (Å²) in [6.45, 7) is 0.428. The van der Waals surface area contributed by atoms with E-state index in [9.17, 15) is 4.79 Å². The van der Waals surface area contributed by atoms with E-state index >= 15 is 0 Å². The van der Waals surface area contributed by atoms with Crippen molar-refractivity contribution in [3.05, 3.63) is 29.5 Å². The molecule has 2 aromatic heterocycles. The van der Waals surface area contributed by atoms with Crippen LogP contribution in [0.4, 0.5) is 4.79 Å². The van der Waals surface area contributed by atoms with Crippen LogP contribution in [0.5, 0.6) is 0 Å². The number of hydrogen-bond donors (Lipinski definition) is 3. The van der Waals surface area contributed by atoms with Gasteiger partial charge in [0.15, 0.2) is 0 Å². The minimum Gasteiger partial charge on any atom is -0.443 e. The van der Waals surface area contributed by atoms with E-state index in [1.807, 2.05) is 17.5 Å². The van der Waals surface area contributed by atoms with Crippen molar-refractivity contribution >= 4 is 17.4 Å². The molecule has 0 aliphatic rings. The average Bonchev–Trinajstić information content (AvgIpc) is 3.03. The molecule has 2 heterocycles. The van der Waals surface area contributed by atoms with Gasteiger partial charge in [0.05, 0.1) is 23.7 Å². The van der Waals surface area contributed by atoms with Gasteiger partial charge in [-0.25, -0.2) is 9.78 Å². The Kier molecular flexibility index (Phi) is 4.32. The standard InChI is InChI=1S/C11H13N3O3S/c15-4-3-12-11(16)13-6-8-7-17-10(14-8)9-2-1-5-18-9/h1-2,5,7,15H,3-4,6H2,(H2,12,13,16). The summed E-state index contributed by atoms with van der Waals surface area (Å²) in [6.07, 6.45) is 1.52. The van der Waals surface area contributed by atoms with Crippen LogP contribution in [0.25, 0.3) is 10.8 Å². The molecule has 0 spiro atoms. The molecule has 0 unspecified atom stereocenters. The molecule has 0 atom stereocenters. The number of amides is 2. The van der Waals surface area contributed by atoms with Gasteiger partial charge in [0.1, 0.15) is 6.26 Å². The number of nitrogens with zero attached hydrogens (tertiary/aromatic N) is 1. The van der Waals surface area contributed by atoms with Crippen molar-refractivity contribution < 1.29 is 14.3 Å². The Hall–Kier alpha value is -1.86. The van der Waals surface area contributed by atoms with Crippen LogP contribution in [0, 0.1) is 0 Å². The van der Waals surface area contributed by atoms with Crippen molar-refractivity contribution in [2.24, 2.45) is 0 Å². The van der Waals surface area contributed by atoms with E-state index in [-0.39, 0.29) is 25.7 Å². The van der Waals surface area contributed by atoms with Crippen molar-refractivity contribution in [1.29, 1.82) is 0 Å². The summed E-state index contributed by atoms with van der Waals surface area (Å²) in [6, 6.07) is 3.50. The van der Waals surface area contributed by atoms with Crippen LogP contribution in [0.2, 0.25) is 0 Å². The van der Waals surface area contributed by atoms with Crippen LogP contribution < -0.4 is 10.6 Å². The molecule has 18 heavy (non-hydrogen) atoms. The predicted octanol–water partition coefficient (Wildman–Crippen LogP) is 1.19. The highest BCUT2D eigenvalue weighted by Gasteiger charge is 2.08. The maximum absolute atomic E-state index is 11.2. The number of hydrogen-bond acceptors (Lipinski definition) is 5. The summed E-state index contributed by atoms with van der Waals surface area (Å²) >= 11 is 1.54. The molecule has 0 aliphatic heterocycles. The Morgan fingerprint density at radius 3 is 3.11 bits per heavy atom. The average molecular weight is 267 g/mol.